The van der Waals surface area contributed by atoms with Crippen molar-refractivity contribution in [1.29, 1.82) is 0 Å². The Bertz CT molecular complexity index is 1830. The molecule has 0 saturated carbocycles. The zero-order valence-electron chi connectivity index (χ0n) is 24.4. The molecule has 228 valence electrons. The number of pyridine rings is 2. The van der Waals surface area contributed by atoms with E-state index in [9.17, 15) is 13.2 Å². The largest absolute Gasteiger partial charge is 0.741 e. The van der Waals surface area contributed by atoms with Gasteiger partial charge >= 0.3 is 11.9 Å². The summed E-state index contributed by atoms with van der Waals surface area (Å²) in [6.45, 7) is 0. The lowest BCUT2D eigenvalue weighted by atomic mass is 9.24. The Morgan fingerprint density at radius 1 is 0.622 bits per heavy atom. The summed E-state index contributed by atoms with van der Waals surface area (Å²) in [4.78, 5) is 0. The van der Waals surface area contributed by atoms with Crippen LogP contribution in [0.3, 0.4) is 0 Å². The van der Waals surface area contributed by atoms with E-state index in [1.807, 2.05) is 36.4 Å². The average Bonchev–Trinajstić information content (AvgIpc) is 3.28. The lowest BCUT2D eigenvalue weighted by Crippen LogP contribution is -2.84. The first-order valence-electron chi connectivity index (χ1n) is 15.0. The third-order valence-electron chi connectivity index (χ3n) is 9.33. The van der Waals surface area contributed by atoms with E-state index < -0.39 is 22.0 Å². The molecule has 2 bridgehead atoms. The van der Waals surface area contributed by atoms with Crippen LogP contribution in [0.25, 0.3) is 11.4 Å². The quantitative estimate of drug-likeness (QED) is 0.104. The first-order chi connectivity index (χ1) is 21.6. The molecule has 3 aliphatic heterocycles. The lowest BCUT2D eigenvalue weighted by molar-refractivity contribution is -0.653. The van der Waals surface area contributed by atoms with Gasteiger partial charge in [-0.1, -0.05) is 98.6 Å². The maximum Gasteiger partial charge on any atom is 0.553 e. The molecule has 2 saturated heterocycles. The van der Waals surface area contributed by atoms with Gasteiger partial charge in [-0.05, 0) is 48.0 Å². The fourth-order valence-corrected chi connectivity index (χ4v) is 7.62. The molecule has 0 atom stereocenters. The first kappa shape index (κ1) is 30.6. The second-order valence-corrected chi connectivity index (χ2v) is 13.2. The van der Waals surface area contributed by atoms with Gasteiger partial charge in [0.05, 0.1) is 11.1 Å². The maximum atomic E-state index is 10.7. The highest BCUT2D eigenvalue weighted by Crippen LogP contribution is 2.51. The van der Waals surface area contributed by atoms with Crippen LogP contribution in [-0.2, 0) is 10.1 Å². The number of rotatable bonds is 0. The summed E-state index contributed by atoms with van der Waals surface area (Å²) >= 11 is 0. The van der Waals surface area contributed by atoms with Crippen LogP contribution in [-0.4, -0.2) is 24.9 Å². The summed E-state index contributed by atoms with van der Waals surface area (Å²) in [6, 6.07) is 29.6. The van der Waals surface area contributed by atoms with E-state index in [1.165, 1.54) is 49.9 Å². The Kier molecular flexibility index (Phi) is 8.30. The van der Waals surface area contributed by atoms with Crippen molar-refractivity contribution in [2.75, 3.05) is 0 Å². The average molecular weight is 627 g/mol. The topological polar surface area (TPSA) is 65.0 Å². The molecule has 45 heavy (non-hydrogen) atoms. The van der Waals surface area contributed by atoms with E-state index in [1.54, 1.807) is 0 Å². The van der Waals surface area contributed by atoms with E-state index >= 15 is 0 Å². The zero-order chi connectivity index (χ0) is 31.7. The number of aromatic nitrogens is 2. The van der Waals surface area contributed by atoms with Crippen LogP contribution < -0.4 is 8.96 Å². The number of halogens is 3. The molecule has 5 nitrogen and oxygen atoms in total. The van der Waals surface area contributed by atoms with Crippen molar-refractivity contribution in [2.45, 2.75) is 55.7 Å². The van der Waals surface area contributed by atoms with Crippen LogP contribution in [0.5, 0.6) is 0 Å². The van der Waals surface area contributed by atoms with Crippen LogP contribution >= 0.6 is 0 Å². The van der Waals surface area contributed by atoms with E-state index in [2.05, 4.69) is 93.6 Å². The minimum atomic E-state index is -6.09. The molecule has 2 aromatic heterocycles. The van der Waals surface area contributed by atoms with Gasteiger partial charge in [-0.25, -0.2) is 8.42 Å². The highest BCUT2D eigenvalue weighted by atomic mass is 32.2. The highest BCUT2D eigenvalue weighted by Gasteiger charge is 2.68. The fourth-order valence-electron chi connectivity index (χ4n) is 7.62. The molecule has 0 amide bonds. The fraction of sp³-hybridized carbons (Fsp3) is 0.257. The molecule has 0 unspecified atom stereocenters. The SMILES string of the molecule is C(#Cc1ccc2[n+](c1)[B-]1(C3CCCC1CCC3)[n+]1cc(C#Cc3ccccc3)ccc1-2)c1ccccc1.O=S(=O)([O-])C(F)(F)F. The summed E-state index contributed by atoms with van der Waals surface area (Å²) < 4.78 is 64.2. The van der Waals surface area contributed by atoms with Crippen molar-refractivity contribution in [3.63, 3.8) is 0 Å². The Hall–Kier alpha value is -4.38. The third kappa shape index (κ3) is 6.01. The van der Waals surface area contributed by atoms with Crippen molar-refractivity contribution in [3.05, 3.63) is 120 Å². The number of alkyl halides is 3. The molecule has 0 N–H and O–H groups in total. The predicted octanol–water partition coefficient (Wildman–Crippen LogP) is 6.04. The summed E-state index contributed by atoms with van der Waals surface area (Å²) in [6.07, 6.45) is 11.7. The van der Waals surface area contributed by atoms with Gasteiger partial charge in [-0.2, -0.15) is 13.2 Å². The van der Waals surface area contributed by atoms with Gasteiger partial charge < -0.3 is 13.5 Å². The maximum absolute atomic E-state index is 10.7. The molecule has 4 aromatic rings. The molecule has 7 rings (SSSR count). The lowest BCUT2D eigenvalue weighted by Gasteiger charge is -2.45. The minimum Gasteiger partial charge on any atom is -0.741 e. The molecule has 10 heteroatoms. The van der Waals surface area contributed by atoms with Crippen molar-refractivity contribution < 1.29 is 35.1 Å². The molecular weight excluding hydrogens is 596 g/mol. The van der Waals surface area contributed by atoms with Crippen LogP contribution in [0.2, 0.25) is 11.6 Å². The molecule has 0 aliphatic carbocycles. The number of benzene rings is 2. The molecule has 3 aliphatic rings. The van der Waals surface area contributed by atoms with E-state index in [0.717, 1.165) is 22.3 Å². The normalized spacial score (nSPS) is 19.0. The Balaban J connectivity index is 0.000000397. The second-order valence-electron chi connectivity index (χ2n) is 11.8. The third-order valence-corrected chi connectivity index (χ3v) is 9.90. The monoisotopic (exact) mass is 626 g/mol. The van der Waals surface area contributed by atoms with Crippen LogP contribution in [0.4, 0.5) is 13.2 Å². The highest BCUT2D eigenvalue weighted by molar-refractivity contribution is 7.86. The van der Waals surface area contributed by atoms with E-state index in [0.29, 0.717) is 11.6 Å². The summed E-state index contributed by atoms with van der Waals surface area (Å²) in [5.41, 5.74) is 1.31. The zero-order valence-corrected chi connectivity index (χ0v) is 25.2. The van der Waals surface area contributed by atoms with E-state index in [-0.39, 0.29) is 0 Å². The van der Waals surface area contributed by atoms with Gasteiger partial charge in [0.1, 0.15) is 12.4 Å². The summed E-state index contributed by atoms with van der Waals surface area (Å²) in [5.74, 6) is 15.1. The van der Waals surface area contributed by atoms with Crippen LogP contribution in [0.1, 0.15) is 60.8 Å². The first-order valence-corrected chi connectivity index (χ1v) is 16.4. The van der Waals surface area contributed by atoms with Crippen molar-refractivity contribution in [1.82, 2.24) is 0 Å². The molecule has 1 spiro atoms. The summed E-state index contributed by atoms with van der Waals surface area (Å²) in [5, 5.41) is 0. The number of hydrogen-bond acceptors (Lipinski definition) is 3. The number of fused-ring (bicyclic) bond motifs is 3. The van der Waals surface area contributed by atoms with Crippen molar-refractivity contribution in [2.24, 2.45) is 0 Å². The number of nitrogens with zero attached hydrogens (tertiary/aromatic N) is 2. The smallest absolute Gasteiger partial charge is 0.553 e. The Morgan fingerprint density at radius 2 is 0.978 bits per heavy atom. The Labute approximate surface area is 261 Å². The molecular formula is C35H30BF3N2O3S. The summed E-state index contributed by atoms with van der Waals surface area (Å²) in [7, 11) is -6.09. The number of hydrogen-bond donors (Lipinski definition) is 0. The van der Waals surface area contributed by atoms with Gasteiger partial charge in [0.2, 0.25) is 11.4 Å². The van der Waals surface area contributed by atoms with Crippen molar-refractivity contribution in [3.8, 4) is 35.1 Å². The second kappa shape index (κ2) is 12.2. The van der Waals surface area contributed by atoms with Gasteiger partial charge in [0.15, 0.2) is 10.1 Å². The standard InChI is InChI=1S/C34H30BN2.CHF3O3S/c1-3-9-27(10-4-1)17-19-29-21-23-33-34-24-22-30(20-18-28-11-5-2-6-12-28)26-37(34)35(36(33)25-29)31-13-7-14-32(35)16-8-15-31;2-1(3,4)8(5,6)7/h1-6,9-12,21-26,31-32H,7-8,13-16H2;(H,5,6,7)/q+1;/p-1. The molecule has 5 heterocycles. The van der Waals surface area contributed by atoms with Crippen LogP contribution in [0.15, 0.2) is 97.3 Å². The van der Waals surface area contributed by atoms with Gasteiger partial charge in [-0.15, -0.1) is 0 Å². The van der Waals surface area contributed by atoms with Gasteiger partial charge in [0.25, 0.3) is 0 Å². The van der Waals surface area contributed by atoms with E-state index in [4.69, 9.17) is 13.0 Å². The van der Waals surface area contributed by atoms with Crippen LogP contribution in [0, 0.1) is 23.7 Å². The van der Waals surface area contributed by atoms with Gasteiger partial charge in [-0.3, -0.25) is 0 Å². The molecule has 0 radical (unpaired) electrons. The molecule has 2 fully saturated rings. The predicted molar refractivity (Wildman–Crippen MR) is 165 cm³/mol. The molecule has 2 aromatic carbocycles. The minimum absolute atomic E-state index is 0.692. The Morgan fingerprint density at radius 3 is 1.33 bits per heavy atom. The van der Waals surface area contributed by atoms with Gasteiger partial charge in [0, 0.05) is 23.3 Å². The van der Waals surface area contributed by atoms with Crippen molar-refractivity contribution >= 4 is 16.5 Å².